The quantitative estimate of drug-likeness (QED) is 0.0952. The van der Waals surface area contributed by atoms with Gasteiger partial charge in [0.2, 0.25) is 0 Å². The summed E-state index contributed by atoms with van der Waals surface area (Å²) in [6.07, 6.45) is -2.10. The number of benzene rings is 2. The number of rotatable bonds is 13. The van der Waals surface area contributed by atoms with E-state index in [4.69, 9.17) is 4.74 Å². The molecule has 4 aromatic heterocycles. The molecule has 0 spiro atoms. The van der Waals surface area contributed by atoms with Gasteiger partial charge in [0.25, 0.3) is 0 Å². The average Bonchev–Trinajstić information content (AvgIpc) is 3.89. The molecule has 0 saturated carbocycles. The zero-order chi connectivity index (χ0) is 46.5. The molecule has 6 aromatic rings. The fourth-order valence-electron chi connectivity index (χ4n) is 8.15. The molecule has 0 amide bonds. The number of methoxy groups -OCH3 is 1. The molecule has 2 aliphatic rings. The van der Waals surface area contributed by atoms with Crippen LogP contribution in [0.15, 0.2) is 73.1 Å². The summed E-state index contributed by atoms with van der Waals surface area (Å²) in [7, 11) is 1.46. The van der Waals surface area contributed by atoms with E-state index in [1.165, 1.54) is 36.0 Å². The number of phenols is 1. The lowest BCUT2D eigenvalue weighted by Gasteiger charge is -2.34. The van der Waals surface area contributed by atoms with E-state index in [1.54, 1.807) is 16.8 Å². The Balaban J connectivity index is 0.000000194. The van der Waals surface area contributed by atoms with Gasteiger partial charge in [0.05, 0.1) is 30.9 Å². The van der Waals surface area contributed by atoms with Crippen LogP contribution in [0, 0.1) is 11.8 Å². The number of likely N-dealkylation sites (tertiary alicyclic amines) is 2. The Labute approximate surface area is 372 Å². The molecule has 0 radical (unpaired) electrons. The van der Waals surface area contributed by atoms with Crippen LogP contribution in [0.5, 0.6) is 23.0 Å². The van der Waals surface area contributed by atoms with Crippen LogP contribution in [0.2, 0.25) is 0 Å². The molecule has 20 heteroatoms. The zero-order valence-corrected chi connectivity index (χ0v) is 36.8. The fraction of sp³-hybridized carbons (Fsp3) is 0.467. The van der Waals surface area contributed by atoms with Gasteiger partial charge in [0.15, 0.2) is 11.3 Å². The third kappa shape index (κ3) is 12.2. The molecule has 2 fully saturated rings. The van der Waals surface area contributed by atoms with Crippen LogP contribution in [0.3, 0.4) is 0 Å². The van der Waals surface area contributed by atoms with Crippen molar-refractivity contribution < 1.29 is 45.7 Å². The minimum absolute atomic E-state index is 0.143. The highest BCUT2D eigenvalue weighted by Crippen LogP contribution is 2.37. The van der Waals surface area contributed by atoms with Crippen molar-refractivity contribution in [3.05, 3.63) is 73.1 Å². The number of alkyl halides is 6. The number of anilines is 2. The van der Waals surface area contributed by atoms with Crippen molar-refractivity contribution in [3.8, 4) is 45.5 Å². The minimum atomic E-state index is -4.83. The highest BCUT2D eigenvalue weighted by molar-refractivity contribution is 5.72. The Bertz CT molecular complexity index is 2510. The Hall–Kier alpha value is -6.02. The van der Waals surface area contributed by atoms with Gasteiger partial charge in [-0.1, -0.05) is 0 Å². The van der Waals surface area contributed by atoms with Crippen LogP contribution < -0.4 is 24.8 Å². The molecule has 14 nitrogen and oxygen atoms in total. The molecular formula is C45H54F6N10O4. The summed E-state index contributed by atoms with van der Waals surface area (Å²) in [6, 6.07) is 15.7. The maximum Gasteiger partial charge on any atom is 0.573 e. The fourth-order valence-corrected chi connectivity index (χ4v) is 8.15. The molecule has 8 rings (SSSR count). The van der Waals surface area contributed by atoms with Gasteiger partial charge in [0.1, 0.15) is 34.6 Å². The summed E-state index contributed by atoms with van der Waals surface area (Å²) >= 11 is 0. The summed E-state index contributed by atoms with van der Waals surface area (Å²) in [6.45, 7) is 14.8. The van der Waals surface area contributed by atoms with E-state index in [0.717, 1.165) is 83.2 Å². The van der Waals surface area contributed by atoms with E-state index in [2.05, 4.69) is 77.8 Å². The first kappa shape index (κ1) is 47.0. The summed E-state index contributed by atoms with van der Waals surface area (Å²) < 4.78 is 92.4. The number of hydrogen-bond donors (Lipinski definition) is 3. The first-order valence-electron chi connectivity index (χ1n) is 21.6. The molecule has 2 saturated heterocycles. The molecule has 2 aliphatic heterocycles. The number of phenolic OH excluding ortho intramolecular Hbond substituents is 1. The number of hydrogen-bond acceptors (Lipinski definition) is 12. The Morgan fingerprint density at radius 1 is 0.631 bits per heavy atom. The van der Waals surface area contributed by atoms with Crippen molar-refractivity contribution in [2.24, 2.45) is 11.8 Å². The number of nitrogens with zero attached hydrogens (tertiary/aromatic N) is 8. The van der Waals surface area contributed by atoms with E-state index in [9.17, 15) is 31.4 Å². The second kappa shape index (κ2) is 20.0. The Morgan fingerprint density at radius 2 is 1.06 bits per heavy atom. The third-order valence-corrected chi connectivity index (χ3v) is 11.8. The Kier molecular flexibility index (Phi) is 14.5. The second-order valence-corrected chi connectivity index (χ2v) is 16.8. The van der Waals surface area contributed by atoms with E-state index in [0.29, 0.717) is 69.6 Å². The molecule has 65 heavy (non-hydrogen) atoms. The normalized spacial score (nSPS) is 16.0. The lowest BCUT2D eigenvalue weighted by atomic mass is 9.96. The lowest BCUT2D eigenvalue weighted by Crippen LogP contribution is -2.39. The number of aromatic hydroxyl groups is 1. The monoisotopic (exact) mass is 912 g/mol. The van der Waals surface area contributed by atoms with Crippen LogP contribution in [-0.4, -0.2) is 115 Å². The van der Waals surface area contributed by atoms with E-state index >= 15 is 0 Å². The van der Waals surface area contributed by atoms with E-state index in [-0.39, 0.29) is 17.1 Å². The number of aromatic nitrogens is 6. The van der Waals surface area contributed by atoms with Crippen LogP contribution in [-0.2, 0) is 0 Å². The van der Waals surface area contributed by atoms with Gasteiger partial charge < -0.3 is 39.8 Å². The topological polar surface area (TPSA) is 139 Å². The standard InChI is InChI=1S/C23H28F3N5O2.C22H26F3N5O2/c1-15(2)30-10-8-16(9-11-30)13-27-21-6-7-22-28-14-19(31(22)29-21)18-12-17(33-23(24,25)26)4-5-20(18)32-3;1-14(2)29-9-7-15(8-10-29)12-26-20-5-6-21-27-13-18(30(21)28-20)17-11-16(3-4-19(17)31)32-22(23,24)25/h4-7,12,14-16H,8-11,13H2,1-3H3,(H,27,29);3-6,11,13-15,31H,7-10,12H2,1-2H3,(H,26,28). The highest BCUT2D eigenvalue weighted by atomic mass is 19.4. The van der Waals surface area contributed by atoms with Crippen molar-refractivity contribution in [1.82, 2.24) is 39.0 Å². The van der Waals surface area contributed by atoms with Crippen molar-refractivity contribution in [1.29, 1.82) is 0 Å². The molecule has 0 unspecified atom stereocenters. The maximum atomic E-state index is 12.7. The lowest BCUT2D eigenvalue weighted by molar-refractivity contribution is -0.275. The minimum Gasteiger partial charge on any atom is -0.507 e. The summed E-state index contributed by atoms with van der Waals surface area (Å²) in [5.41, 5.74) is 2.49. The number of imidazole rings is 2. The number of fused-ring (bicyclic) bond motifs is 2. The molecule has 0 aliphatic carbocycles. The van der Waals surface area contributed by atoms with E-state index < -0.39 is 18.5 Å². The average molecular weight is 913 g/mol. The predicted molar refractivity (Wildman–Crippen MR) is 234 cm³/mol. The largest absolute Gasteiger partial charge is 0.573 e. The summed E-state index contributed by atoms with van der Waals surface area (Å²) in [4.78, 5) is 13.6. The van der Waals surface area contributed by atoms with Crippen molar-refractivity contribution in [2.45, 2.75) is 78.2 Å². The van der Waals surface area contributed by atoms with Crippen LogP contribution in [0.25, 0.3) is 33.8 Å². The van der Waals surface area contributed by atoms with Gasteiger partial charge in [0, 0.05) is 36.3 Å². The molecule has 2 aromatic carbocycles. The van der Waals surface area contributed by atoms with Crippen LogP contribution in [0.1, 0.15) is 53.4 Å². The first-order chi connectivity index (χ1) is 30.9. The molecular weight excluding hydrogens is 859 g/mol. The van der Waals surface area contributed by atoms with Crippen LogP contribution in [0.4, 0.5) is 38.0 Å². The van der Waals surface area contributed by atoms with Gasteiger partial charge in [-0.15, -0.1) is 36.5 Å². The molecule has 6 heterocycles. The Morgan fingerprint density at radius 3 is 1.49 bits per heavy atom. The SMILES string of the molecule is CC(C)N1CCC(CNc2ccc3ncc(-c4cc(OC(F)(F)F)ccc4O)n3n2)CC1.COc1ccc(OC(F)(F)F)cc1-c1cnc2ccc(NCC3CCN(C(C)C)CC3)nn12. The summed E-state index contributed by atoms with van der Waals surface area (Å²) in [5.74, 6) is 1.85. The number of halogens is 6. The number of ether oxygens (including phenoxy) is 3. The third-order valence-electron chi connectivity index (χ3n) is 11.8. The maximum absolute atomic E-state index is 12.7. The van der Waals surface area contributed by atoms with Crippen molar-refractivity contribution in [2.75, 3.05) is 57.0 Å². The van der Waals surface area contributed by atoms with Gasteiger partial charge in [-0.3, -0.25) is 0 Å². The van der Waals surface area contributed by atoms with E-state index in [1.807, 2.05) is 18.2 Å². The van der Waals surface area contributed by atoms with Gasteiger partial charge >= 0.3 is 12.7 Å². The van der Waals surface area contributed by atoms with Gasteiger partial charge in [-0.2, -0.15) is 0 Å². The highest BCUT2D eigenvalue weighted by Gasteiger charge is 2.33. The van der Waals surface area contributed by atoms with Gasteiger partial charge in [-0.25, -0.2) is 19.0 Å². The number of piperidine rings is 2. The zero-order valence-electron chi connectivity index (χ0n) is 36.8. The molecule has 3 N–H and O–H groups in total. The predicted octanol–water partition coefficient (Wildman–Crippen LogP) is 9.37. The molecule has 0 bridgehead atoms. The first-order valence-corrected chi connectivity index (χ1v) is 21.6. The summed E-state index contributed by atoms with van der Waals surface area (Å²) in [5, 5.41) is 26.2. The van der Waals surface area contributed by atoms with Crippen molar-refractivity contribution >= 4 is 22.9 Å². The number of nitrogens with one attached hydrogen (secondary N) is 2. The molecule has 0 atom stereocenters. The molecule has 350 valence electrons. The van der Waals surface area contributed by atoms with Crippen molar-refractivity contribution in [3.63, 3.8) is 0 Å². The van der Waals surface area contributed by atoms with Crippen LogP contribution >= 0.6 is 0 Å². The van der Waals surface area contributed by atoms with Gasteiger partial charge in [-0.05, 0) is 152 Å². The smallest absolute Gasteiger partial charge is 0.507 e. The second-order valence-electron chi connectivity index (χ2n) is 16.8.